The molecular formula is C13H18N2OS2. The van der Waals surface area contributed by atoms with E-state index in [1.54, 1.807) is 6.20 Å². The van der Waals surface area contributed by atoms with Gasteiger partial charge in [-0.2, -0.15) is 0 Å². The first-order chi connectivity index (χ1) is 8.84. The average molecular weight is 282 g/mol. The van der Waals surface area contributed by atoms with E-state index in [-0.39, 0.29) is 5.91 Å². The number of carbonyl (C=O) groups is 1. The van der Waals surface area contributed by atoms with Crippen LogP contribution >= 0.6 is 21.6 Å². The predicted molar refractivity (Wildman–Crippen MR) is 79.8 cm³/mol. The highest BCUT2D eigenvalue weighted by atomic mass is 33.1. The molecule has 2 rings (SSSR count). The summed E-state index contributed by atoms with van der Waals surface area (Å²) in [6.45, 7) is 0. The van der Waals surface area contributed by atoms with Crippen LogP contribution in [0.4, 0.5) is 5.82 Å². The molecule has 1 aliphatic rings. The zero-order chi connectivity index (χ0) is 12.6. The van der Waals surface area contributed by atoms with Crippen molar-refractivity contribution in [2.24, 2.45) is 0 Å². The van der Waals surface area contributed by atoms with Gasteiger partial charge in [-0.15, -0.1) is 0 Å². The number of unbranched alkanes of at least 4 members (excludes halogenated alkanes) is 1. The molecule has 0 spiro atoms. The van der Waals surface area contributed by atoms with Crippen LogP contribution in [0.5, 0.6) is 0 Å². The van der Waals surface area contributed by atoms with Crippen LogP contribution in [0, 0.1) is 0 Å². The van der Waals surface area contributed by atoms with Crippen LogP contribution in [0.1, 0.15) is 32.1 Å². The number of anilines is 1. The van der Waals surface area contributed by atoms with Gasteiger partial charge >= 0.3 is 0 Å². The Morgan fingerprint density at radius 2 is 2.39 bits per heavy atom. The van der Waals surface area contributed by atoms with Crippen molar-refractivity contribution in [3.05, 3.63) is 24.4 Å². The molecule has 0 radical (unpaired) electrons. The highest BCUT2D eigenvalue weighted by Crippen LogP contribution is 2.39. The first kappa shape index (κ1) is 13.7. The van der Waals surface area contributed by atoms with Gasteiger partial charge in [-0.1, -0.05) is 34.1 Å². The van der Waals surface area contributed by atoms with Crippen molar-refractivity contribution in [2.75, 3.05) is 11.1 Å². The third-order valence-corrected chi connectivity index (χ3v) is 5.85. The minimum Gasteiger partial charge on any atom is -0.311 e. The largest absolute Gasteiger partial charge is 0.311 e. The molecule has 98 valence electrons. The Bertz CT molecular complexity index is 367. The van der Waals surface area contributed by atoms with E-state index < -0.39 is 0 Å². The zero-order valence-electron chi connectivity index (χ0n) is 10.3. The Morgan fingerprint density at radius 1 is 1.44 bits per heavy atom. The Hall–Kier alpha value is -0.680. The number of rotatable bonds is 6. The lowest BCUT2D eigenvalue weighted by atomic mass is 10.1. The van der Waals surface area contributed by atoms with Crippen molar-refractivity contribution in [2.45, 2.75) is 37.4 Å². The van der Waals surface area contributed by atoms with Gasteiger partial charge in [0.05, 0.1) is 0 Å². The second kappa shape index (κ2) is 7.69. The van der Waals surface area contributed by atoms with E-state index in [9.17, 15) is 4.79 Å². The highest BCUT2D eigenvalue weighted by molar-refractivity contribution is 8.77. The number of hydrogen-bond acceptors (Lipinski definition) is 4. The Kier molecular flexibility index (Phi) is 5.87. The normalized spacial score (nSPS) is 18.8. The van der Waals surface area contributed by atoms with Gasteiger partial charge in [0.15, 0.2) is 0 Å². The fraction of sp³-hybridized carbons (Fsp3) is 0.538. The molecule has 0 unspecified atom stereocenters. The van der Waals surface area contributed by atoms with E-state index in [0.29, 0.717) is 12.2 Å². The van der Waals surface area contributed by atoms with E-state index in [0.717, 1.165) is 18.1 Å². The number of amides is 1. The molecule has 1 N–H and O–H groups in total. The summed E-state index contributed by atoms with van der Waals surface area (Å²) < 4.78 is 0. The SMILES string of the molecule is O=C(CCCC[C@H]1CCSS1)Nc1ccccn1. The summed E-state index contributed by atoms with van der Waals surface area (Å²) >= 11 is 0. The third-order valence-electron chi connectivity index (χ3n) is 2.84. The molecule has 18 heavy (non-hydrogen) atoms. The van der Waals surface area contributed by atoms with Crippen molar-refractivity contribution in [1.82, 2.24) is 4.98 Å². The van der Waals surface area contributed by atoms with Crippen molar-refractivity contribution < 1.29 is 4.79 Å². The van der Waals surface area contributed by atoms with Crippen LogP contribution in [0.3, 0.4) is 0 Å². The second-order valence-electron chi connectivity index (χ2n) is 4.34. The number of carbonyl (C=O) groups excluding carboxylic acids is 1. The smallest absolute Gasteiger partial charge is 0.225 e. The minimum atomic E-state index is 0.0714. The van der Waals surface area contributed by atoms with E-state index in [2.05, 4.69) is 10.3 Å². The maximum Gasteiger partial charge on any atom is 0.225 e. The van der Waals surface area contributed by atoms with Crippen molar-refractivity contribution >= 4 is 33.3 Å². The molecule has 5 heteroatoms. The Labute approximate surface area is 116 Å². The summed E-state index contributed by atoms with van der Waals surface area (Å²) in [6, 6.07) is 5.52. The molecule has 0 aliphatic carbocycles. The van der Waals surface area contributed by atoms with Crippen molar-refractivity contribution in [3.63, 3.8) is 0 Å². The molecule has 1 fully saturated rings. The van der Waals surface area contributed by atoms with Crippen LogP contribution in [0.15, 0.2) is 24.4 Å². The summed E-state index contributed by atoms with van der Waals surface area (Å²) in [5, 5.41) is 3.62. The van der Waals surface area contributed by atoms with E-state index in [4.69, 9.17) is 0 Å². The molecule has 1 atom stereocenters. The number of aromatic nitrogens is 1. The van der Waals surface area contributed by atoms with Gasteiger partial charge < -0.3 is 5.32 Å². The quantitative estimate of drug-likeness (QED) is 0.637. The van der Waals surface area contributed by atoms with Crippen LogP contribution in [0.2, 0.25) is 0 Å². The van der Waals surface area contributed by atoms with E-state index >= 15 is 0 Å². The molecule has 1 saturated heterocycles. The summed E-state index contributed by atoms with van der Waals surface area (Å²) in [5.74, 6) is 2.00. The molecule has 1 aliphatic heterocycles. The predicted octanol–water partition coefficient (Wildman–Crippen LogP) is 3.73. The third kappa shape index (κ3) is 4.90. The monoisotopic (exact) mass is 282 g/mol. The summed E-state index contributed by atoms with van der Waals surface area (Å²) in [7, 11) is 3.99. The molecule has 0 aromatic carbocycles. The number of hydrogen-bond donors (Lipinski definition) is 1. The standard InChI is InChI=1S/C13H18N2OS2/c16-13(15-12-6-3-4-9-14-12)7-2-1-5-11-8-10-17-18-11/h3-4,6,9,11H,1-2,5,7-8,10H2,(H,14,15,16)/t11-/m0/s1. The van der Waals surface area contributed by atoms with Gasteiger partial charge in [0, 0.05) is 23.6 Å². The first-order valence-electron chi connectivity index (χ1n) is 6.34. The fourth-order valence-corrected chi connectivity index (χ4v) is 4.89. The Balaban J connectivity index is 1.57. The molecule has 1 aromatic rings. The van der Waals surface area contributed by atoms with Gasteiger partial charge in [-0.25, -0.2) is 4.98 Å². The van der Waals surface area contributed by atoms with Crippen molar-refractivity contribution in [1.29, 1.82) is 0 Å². The van der Waals surface area contributed by atoms with Gasteiger partial charge in [0.1, 0.15) is 5.82 Å². The summed E-state index contributed by atoms with van der Waals surface area (Å²) in [6.07, 6.45) is 6.98. The van der Waals surface area contributed by atoms with Gasteiger partial charge in [-0.3, -0.25) is 4.79 Å². The molecule has 1 aromatic heterocycles. The molecule has 0 saturated carbocycles. The molecule has 0 bridgehead atoms. The number of nitrogens with one attached hydrogen (secondary N) is 1. The zero-order valence-corrected chi connectivity index (χ0v) is 11.9. The topological polar surface area (TPSA) is 42.0 Å². The minimum absolute atomic E-state index is 0.0714. The lowest BCUT2D eigenvalue weighted by molar-refractivity contribution is -0.116. The number of pyridine rings is 1. The van der Waals surface area contributed by atoms with Crippen LogP contribution < -0.4 is 5.32 Å². The van der Waals surface area contributed by atoms with Crippen molar-refractivity contribution in [3.8, 4) is 0 Å². The number of nitrogens with zero attached hydrogens (tertiary/aromatic N) is 1. The molecule has 2 heterocycles. The van der Waals surface area contributed by atoms with Gasteiger partial charge in [-0.05, 0) is 31.4 Å². The lowest BCUT2D eigenvalue weighted by Gasteiger charge is -2.07. The Morgan fingerprint density at radius 3 is 3.11 bits per heavy atom. The van der Waals surface area contributed by atoms with Crippen LogP contribution in [-0.4, -0.2) is 21.9 Å². The fourth-order valence-electron chi connectivity index (χ4n) is 1.86. The van der Waals surface area contributed by atoms with Gasteiger partial charge in [0.25, 0.3) is 0 Å². The van der Waals surface area contributed by atoms with Gasteiger partial charge in [0.2, 0.25) is 5.91 Å². The molecule has 3 nitrogen and oxygen atoms in total. The maximum atomic E-state index is 11.6. The van der Waals surface area contributed by atoms with Crippen LogP contribution in [-0.2, 0) is 4.79 Å². The first-order valence-corrected chi connectivity index (χ1v) is 8.72. The summed E-state index contributed by atoms with van der Waals surface area (Å²) in [4.78, 5) is 15.7. The van der Waals surface area contributed by atoms with E-state index in [1.165, 1.54) is 18.6 Å². The van der Waals surface area contributed by atoms with Crippen LogP contribution in [0.25, 0.3) is 0 Å². The highest BCUT2D eigenvalue weighted by Gasteiger charge is 2.15. The average Bonchev–Trinajstić information content (AvgIpc) is 2.89. The molecule has 1 amide bonds. The second-order valence-corrected chi connectivity index (χ2v) is 7.13. The summed E-state index contributed by atoms with van der Waals surface area (Å²) in [5.41, 5.74) is 0. The maximum absolute atomic E-state index is 11.6. The molecular weight excluding hydrogens is 264 g/mol. The van der Waals surface area contributed by atoms with E-state index in [1.807, 2.05) is 39.8 Å². The lowest BCUT2D eigenvalue weighted by Crippen LogP contribution is -2.12.